The molecule has 0 spiro atoms. The van der Waals surface area contributed by atoms with Crippen LogP contribution in [0.2, 0.25) is 0 Å². The van der Waals surface area contributed by atoms with Crippen LogP contribution in [0, 0.1) is 11.6 Å². The summed E-state index contributed by atoms with van der Waals surface area (Å²) < 4.78 is 26.7. The highest BCUT2D eigenvalue weighted by molar-refractivity contribution is 5.48. The van der Waals surface area contributed by atoms with Crippen LogP contribution >= 0.6 is 0 Å². The van der Waals surface area contributed by atoms with Gasteiger partial charge in [0, 0.05) is 51.9 Å². The lowest BCUT2D eigenvalue weighted by atomic mass is 10.2. The quantitative estimate of drug-likeness (QED) is 0.860. The van der Waals surface area contributed by atoms with Crippen LogP contribution in [-0.2, 0) is 0 Å². The largest absolute Gasteiger partial charge is 0.392 e. The van der Waals surface area contributed by atoms with E-state index in [1.54, 1.807) is 6.92 Å². The van der Waals surface area contributed by atoms with E-state index in [1.807, 2.05) is 11.9 Å². The van der Waals surface area contributed by atoms with Crippen molar-refractivity contribution in [2.45, 2.75) is 13.0 Å². The SMILES string of the molecule is CC(O)CN(C)CCN1CCN(c2ccc(F)cc2F)CC1. The maximum absolute atomic E-state index is 13.8. The number of hydrogen-bond donors (Lipinski definition) is 1. The minimum Gasteiger partial charge on any atom is -0.392 e. The molecule has 22 heavy (non-hydrogen) atoms. The van der Waals surface area contributed by atoms with Crippen molar-refractivity contribution in [3.8, 4) is 0 Å². The summed E-state index contributed by atoms with van der Waals surface area (Å²) in [6.07, 6.45) is -0.316. The van der Waals surface area contributed by atoms with Crippen molar-refractivity contribution in [1.29, 1.82) is 0 Å². The number of aliphatic hydroxyl groups is 1. The first kappa shape index (κ1) is 17.1. The molecule has 0 aromatic heterocycles. The number of piperazine rings is 1. The van der Waals surface area contributed by atoms with E-state index in [4.69, 9.17) is 0 Å². The minimum absolute atomic E-state index is 0.316. The first-order chi connectivity index (χ1) is 10.5. The molecule has 1 aromatic rings. The Bertz CT molecular complexity index is 476. The summed E-state index contributed by atoms with van der Waals surface area (Å²) in [5, 5.41) is 9.34. The fourth-order valence-corrected chi connectivity index (χ4v) is 2.80. The van der Waals surface area contributed by atoms with Gasteiger partial charge in [-0.15, -0.1) is 0 Å². The van der Waals surface area contributed by atoms with E-state index in [2.05, 4.69) is 9.80 Å². The monoisotopic (exact) mass is 313 g/mol. The fraction of sp³-hybridized carbons (Fsp3) is 0.625. The van der Waals surface area contributed by atoms with Gasteiger partial charge >= 0.3 is 0 Å². The Kier molecular flexibility index (Phi) is 6.11. The lowest BCUT2D eigenvalue weighted by molar-refractivity contribution is 0.130. The summed E-state index contributed by atoms with van der Waals surface area (Å²) in [6, 6.07) is 3.75. The van der Waals surface area contributed by atoms with Gasteiger partial charge in [-0.25, -0.2) is 8.78 Å². The summed E-state index contributed by atoms with van der Waals surface area (Å²) in [4.78, 5) is 6.40. The number of likely N-dealkylation sites (N-methyl/N-ethyl adjacent to an activating group) is 1. The van der Waals surface area contributed by atoms with Gasteiger partial charge in [0.2, 0.25) is 0 Å². The molecular formula is C16H25F2N3O. The molecular weight excluding hydrogens is 288 g/mol. The highest BCUT2D eigenvalue weighted by atomic mass is 19.1. The number of benzene rings is 1. The highest BCUT2D eigenvalue weighted by Crippen LogP contribution is 2.21. The van der Waals surface area contributed by atoms with Crippen LogP contribution in [0.1, 0.15) is 6.92 Å². The maximum atomic E-state index is 13.8. The molecule has 1 N–H and O–H groups in total. The minimum atomic E-state index is -0.541. The summed E-state index contributed by atoms with van der Waals surface area (Å²) in [7, 11) is 2.00. The molecule has 1 fully saturated rings. The molecule has 1 aliphatic rings. The van der Waals surface area contributed by atoms with Gasteiger partial charge in [-0.05, 0) is 26.1 Å². The number of hydrogen-bond acceptors (Lipinski definition) is 4. The number of nitrogens with zero attached hydrogens (tertiary/aromatic N) is 3. The van der Waals surface area contributed by atoms with Crippen molar-refractivity contribution in [3.05, 3.63) is 29.8 Å². The third-order valence-corrected chi connectivity index (χ3v) is 4.00. The molecule has 0 saturated carbocycles. The molecule has 1 saturated heterocycles. The number of rotatable bonds is 6. The normalized spacial score (nSPS) is 18.0. The third-order valence-electron chi connectivity index (χ3n) is 4.00. The number of aliphatic hydroxyl groups excluding tert-OH is 1. The Labute approximate surface area is 130 Å². The van der Waals surface area contributed by atoms with E-state index in [0.717, 1.165) is 45.3 Å². The van der Waals surface area contributed by atoms with Crippen molar-refractivity contribution in [2.75, 3.05) is 57.8 Å². The predicted octanol–water partition coefficient (Wildman–Crippen LogP) is 1.40. The Hall–Kier alpha value is -1.24. The molecule has 1 unspecified atom stereocenters. The first-order valence-electron chi connectivity index (χ1n) is 7.74. The van der Waals surface area contributed by atoms with E-state index in [1.165, 1.54) is 12.1 Å². The van der Waals surface area contributed by atoms with Crippen LogP contribution in [0.5, 0.6) is 0 Å². The van der Waals surface area contributed by atoms with E-state index < -0.39 is 11.6 Å². The molecule has 2 rings (SSSR count). The summed E-state index contributed by atoms with van der Waals surface area (Å²) in [6.45, 7) is 7.48. The topological polar surface area (TPSA) is 30.0 Å². The Morgan fingerprint density at radius 3 is 2.50 bits per heavy atom. The van der Waals surface area contributed by atoms with Crippen molar-refractivity contribution >= 4 is 5.69 Å². The molecule has 1 aliphatic heterocycles. The van der Waals surface area contributed by atoms with Crippen molar-refractivity contribution < 1.29 is 13.9 Å². The zero-order valence-electron chi connectivity index (χ0n) is 13.3. The zero-order valence-corrected chi connectivity index (χ0v) is 13.3. The summed E-state index contributed by atoms with van der Waals surface area (Å²) in [5.41, 5.74) is 0.479. The van der Waals surface area contributed by atoms with Gasteiger partial charge in [0.15, 0.2) is 0 Å². The maximum Gasteiger partial charge on any atom is 0.149 e. The van der Waals surface area contributed by atoms with Crippen LogP contribution in [0.4, 0.5) is 14.5 Å². The molecule has 6 heteroatoms. The van der Waals surface area contributed by atoms with Gasteiger partial charge in [0.25, 0.3) is 0 Å². The van der Waals surface area contributed by atoms with E-state index in [9.17, 15) is 13.9 Å². The molecule has 0 bridgehead atoms. The molecule has 1 atom stereocenters. The second-order valence-electron chi connectivity index (χ2n) is 6.04. The zero-order chi connectivity index (χ0) is 16.1. The molecule has 1 heterocycles. The van der Waals surface area contributed by atoms with E-state index >= 15 is 0 Å². The molecule has 1 aromatic carbocycles. The lowest BCUT2D eigenvalue weighted by Crippen LogP contribution is -2.48. The fourth-order valence-electron chi connectivity index (χ4n) is 2.80. The molecule has 4 nitrogen and oxygen atoms in total. The Morgan fingerprint density at radius 1 is 1.23 bits per heavy atom. The van der Waals surface area contributed by atoms with E-state index in [-0.39, 0.29) is 6.10 Å². The van der Waals surface area contributed by atoms with Crippen LogP contribution in [0.15, 0.2) is 18.2 Å². The molecule has 124 valence electrons. The molecule has 0 aliphatic carbocycles. The smallest absolute Gasteiger partial charge is 0.149 e. The van der Waals surface area contributed by atoms with Gasteiger partial charge in [-0.1, -0.05) is 0 Å². The van der Waals surface area contributed by atoms with Gasteiger partial charge in [-0.2, -0.15) is 0 Å². The van der Waals surface area contributed by atoms with E-state index in [0.29, 0.717) is 12.2 Å². The second kappa shape index (κ2) is 7.85. The van der Waals surface area contributed by atoms with Gasteiger partial charge in [-0.3, -0.25) is 4.90 Å². The predicted molar refractivity (Wildman–Crippen MR) is 84.2 cm³/mol. The Balaban J connectivity index is 1.78. The van der Waals surface area contributed by atoms with Crippen LogP contribution < -0.4 is 4.90 Å². The summed E-state index contributed by atoms with van der Waals surface area (Å²) in [5.74, 6) is -1.04. The highest BCUT2D eigenvalue weighted by Gasteiger charge is 2.19. The Morgan fingerprint density at radius 2 is 1.91 bits per heavy atom. The average Bonchev–Trinajstić information content (AvgIpc) is 2.45. The lowest BCUT2D eigenvalue weighted by Gasteiger charge is -2.36. The van der Waals surface area contributed by atoms with Gasteiger partial charge < -0.3 is 14.9 Å². The van der Waals surface area contributed by atoms with Crippen LogP contribution in [-0.4, -0.2) is 73.9 Å². The van der Waals surface area contributed by atoms with Crippen molar-refractivity contribution in [3.63, 3.8) is 0 Å². The van der Waals surface area contributed by atoms with Crippen LogP contribution in [0.25, 0.3) is 0 Å². The van der Waals surface area contributed by atoms with Crippen molar-refractivity contribution in [2.24, 2.45) is 0 Å². The number of halogens is 2. The van der Waals surface area contributed by atoms with Gasteiger partial charge in [0.05, 0.1) is 11.8 Å². The summed E-state index contributed by atoms with van der Waals surface area (Å²) >= 11 is 0. The average molecular weight is 313 g/mol. The third kappa shape index (κ3) is 4.90. The first-order valence-corrected chi connectivity index (χ1v) is 7.74. The standard InChI is InChI=1S/C16H25F2N3O/c1-13(22)12-19(2)5-6-20-7-9-21(10-8-20)16-4-3-14(17)11-15(16)18/h3-4,11,13,22H,5-10,12H2,1-2H3. The second-order valence-corrected chi connectivity index (χ2v) is 6.04. The van der Waals surface area contributed by atoms with Crippen LogP contribution in [0.3, 0.4) is 0 Å². The molecule has 0 radical (unpaired) electrons. The molecule has 0 amide bonds. The number of anilines is 1. The van der Waals surface area contributed by atoms with Crippen molar-refractivity contribution in [1.82, 2.24) is 9.80 Å². The van der Waals surface area contributed by atoms with Gasteiger partial charge in [0.1, 0.15) is 11.6 Å².